The van der Waals surface area contributed by atoms with E-state index in [-0.39, 0.29) is 23.4 Å². The normalized spacial score (nSPS) is 14.2. The zero-order valence-electron chi connectivity index (χ0n) is 19.1. The molecule has 0 spiro atoms. The lowest BCUT2D eigenvalue weighted by atomic mass is 9.89. The Bertz CT molecular complexity index is 1220. The number of hydrogen-bond donors (Lipinski definition) is 1. The van der Waals surface area contributed by atoms with Crippen LogP contribution in [0.3, 0.4) is 0 Å². The van der Waals surface area contributed by atoms with E-state index in [1.54, 1.807) is 48.5 Å². The van der Waals surface area contributed by atoms with Crippen LogP contribution in [-0.2, 0) is 27.7 Å². The molecule has 0 fully saturated rings. The molecule has 0 unspecified atom stereocenters. The maximum atomic E-state index is 13.4. The van der Waals surface area contributed by atoms with Crippen LogP contribution in [0.15, 0.2) is 77.7 Å². The molecule has 0 aromatic heterocycles. The second kappa shape index (κ2) is 9.79. The minimum absolute atomic E-state index is 0.160. The van der Waals surface area contributed by atoms with Gasteiger partial charge in [-0.1, -0.05) is 54.1 Å². The van der Waals surface area contributed by atoms with Gasteiger partial charge in [-0.05, 0) is 80.5 Å². The number of nitrogens with zero attached hydrogens (tertiary/aromatic N) is 1. The van der Waals surface area contributed by atoms with Crippen molar-refractivity contribution in [2.75, 3.05) is 10.8 Å². The van der Waals surface area contributed by atoms with Crippen LogP contribution in [0.1, 0.15) is 48.1 Å². The van der Waals surface area contributed by atoms with E-state index in [1.807, 2.05) is 19.9 Å². The van der Waals surface area contributed by atoms with Crippen LogP contribution in [0.25, 0.3) is 0 Å². The summed E-state index contributed by atoms with van der Waals surface area (Å²) in [6.07, 6.45) is 4.60. The van der Waals surface area contributed by atoms with Gasteiger partial charge in [-0.25, -0.2) is 8.42 Å². The number of nitrogens with one attached hydrogen (secondary N) is 1. The fourth-order valence-corrected chi connectivity index (χ4v) is 5.69. The maximum Gasteiger partial charge on any atom is 0.264 e. The van der Waals surface area contributed by atoms with Crippen LogP contribution < -0.4 is 9.62 Å². The highest BCUT2D eigenvalue weighted by atomic mass is 32.2. The van der Waals surface area contributed by atoms with Gasteiger partial charge in [0.15, 0.2) is 0 Å². The lowest BCUT2D eigenvalue weighted by molar-refractivity contribution is -0.120. The van der Waals surface area contributed by atoms with Crippen molar-refractivity contribution in [2.24, 2.45) is 0 Å². The van der Waals surface area contributed by atoms with Crippen molar-refractivity contribution in [2.45, 2.75) is 50.5 Å². The molecule has 3 aromatic rings. The summed E-state index contributed by atoms with van der Waals surface area (Å²) >= 11 is 0. The van der Waals surface area contributed by atoms with Crippen LogP contribution in [-0.4, -0.2) is 20.9 Å². The van der Waals surface area contributed by atoms with Gasteiger partial charge in [0.05, 0.1) is 16.6 Å². The number of aryl methyl sites for hydroxylation is 3. The smallest absolute Gasteiger partial charge is 0.264 e. The monoisotopic (exact) mass is 462 g/mol. The average molecular weight is 463 g/mol. The van der Waals surface area contributed by atoms with Gasteiger partial charge in [-0.3, -0.25) is 9.10 Å². The number of benzene rings is 3. The van der Waals surface area contributed by atoms with Gasteiger partial charge in [0.25, 0.3) is 10.0 Å². The third kappa shape index (κ3) is 5.28. The number of para-hydroxylation sites is 1. The Morgan fingerprint density at radius 2 is 1.61 bits per heavy atom. The predicted octanol–water partition coefficient (Wildman–Crippen LogP) is 4.95. The van der Waals surface area contributed by atoms with Crippen LogP contribution in [0.2, 0.25) is 0 Å². The predicted molar refractivity (Wildman–Crippen MR) is 132 cm³/mol. The minimum Gasteiger partial charge on any atom is -0.348 e. The van der Waals surface area contributed by atoms with Crippen LogP contribution in [0, 0.1) is 6.92 Å². The number of fused-ring (bicyclic) bond motifs is 1. The Morgan fingerprint density at radius 3 is 2.30 bits per heavy atom. The van der Waals surface area contributed by atoms with Crippen LogP contribution >= 0.6 is 0 Å². The van der Waals surface area contributed by atoms with Crippen molar-refractivity contribution < 1.29 is 13.2 Å². The summed E-state index contributed by atoms with van der Waals surface area (Å²) < 4.78 is 28.1. The van der Waals surface area contributed by atoms with E-state index >= 15 is 0 Å². The summed E-state index contributed by atoms with van der Waals surface area (Å²) in [5, 5.41) is 2.99. The van der Waals surface area contributed by atoms with Gasteiger partial charge in [0, 0.05) is 0 Å². The quantitative estimate of drug-likeness (QED) is 0.540. The first-order valence-corrected chi connectivity index (χ1v) is 12.8. The lowest BCUT2D eigenvalue weighted by Gasteiger charge is -2.25. The molecule has 0 aliphatic heterocycles. The Balaban J connectivity index is 1.55. The lowest BCUT2D eigenvalue weighted by Crippen LogP contribution is -2.41. The van der Waals surface area contributed by atoms with Crippen molar-refractivity contribution >= 4 is 21.6 Å². The molecule has 3 aromatic carbocycles. The van der Waals surface area contributed by atoms with Gasteiger partial charge in [-0.2, -0.15) is 0 Å². The third-order valence-corrected chi connectivity index (χ3v) is 7.98. The molecular formula is C27H30N2O3S. The zero-order chi connectivity index (χ0) is 23.4. The third-order valence-electron chi connectivity index (χ3n) is 6.19. The molecular weight excluding hydrogens is 432 g/mol. The number of hydrogen-bond acceptors (Lipinski definition) is 3. The fourth-order valence-electron chi connectivity index (χ4n) is 4.27. The summed E-state index contributed by atoms with van der Waals surface area (Å²) in [6, 6.07) is 21.6. The number of carbonyl (C=O) groups is 1. The molecule has 1 amide bonds. The van der Waals surface area contributed by atoms with Crippen molar-refractivity contribution in [1.82, 2.24) is 5.32 Å². The molecule has 1 atom stereocenters. The SMILES string of the molecule is Cc1ccc(S(=O)(=O)N(CC(=O)N[C@H](C)c2ccc3c(c2)CCCC3)c2ccccc2)cc1. The number of carbonyl (C=O) groups excluding carboxylic acids is 1. The Hall–Kier alpha value is -3.12. The summed E-state index contributed by atoms with van der Waals surface area (Å²) in [5.74, 6) is -0.347. The molecule has 0 saturated carbocycles. The highest BCUT2D eigenvalue weighted by Gasteiger charge is 2.27. The Kier molecular flexibility index (Phi) is 6.84. The molecule has 0 heterocycles. The summed E-state index contributed by atoms with van der Waals surface area (Å²) in [6.45, 7) is 3.54. The summed E-state index contributed by atoms with van der Waals surface area (Å²) in [5.41, 5.74) is 5.21. The molecule has 1 N–H and O–H groups in total. The highest BCUT2D eigenvalue weighted by molar-refractivity contribution is 7.92. The van der Waals surface area contributed by atoms with E-state index in [9.17, 15) is 13.2 Å². The molecule has 0 bridgehead atoms. The van der Waals surface area contributed by atoms with E-state index in [4.69, 9.17) is 0 Å². The van der Waals surface area contributed by atoms with E-state index in [1.165, 1.54) is 28.3 Å². The molecule has 4 rings (SSSR count). The average Bonchev–Trinajstić information content (AvgIpc) is 2.83. The highest BCUT2D eigenvalue weighted by Crippen LogP contribution is 2.26. The fraction of sp³-hybridized carbons (Fsp3) is 0.296. The van der Waals surface area contributed by atoms with E-state index in [0.29, 0.717) is 5.69 Å². The standard InChI is InChI=1S/C27H30N2O3S/c1-20-12-16-26(17-13-20)33(31,32)29(25-10-4-3-5-11-25)19-27(30)28-21(2)23-15-14-22-8-6-7-9-24(22)18-23/h3-5,10-18,21H,6-9,19H2,1-2H3,(H,28,30)/t21-/m1/s1. The topological polar surface area (TPSA) is 66.5 Å². The van der Waals surface area contributed by atoms with Gasteiger partial charge in [0.1, 0.15) is 6.54 Å². The minimum atomic E-state index is -3.91. The second-order valence-electron chi connectivity index (χ2n) is 8.68. The first-order chi connectivity index (χ1) is 15.8. The number of anilines is 1. The van der Waals surface area contributed by atoms with Crippen molar-refractivity contribution in [3.05, 3.63) is 95.1 Å². The number of amides is 1. The molecule has 172 valence electrons. The Labute approximate surface area is 196 Å². The first-order valence-electron chi connectivity index (χ1n) is 11.4. The van der Waals surface area contributed by atoms with E-state index in [0.717, 1.165) is 24.0 Å². The van der Waals surface area contributed by atoms with Crippen molar-refractivity contribution in [3.8, 4) is 0 Å². The van der Waals surface area contributed by atoms with Gasteiger partial charge in [-0.15, -0.1) is 0 Å². The largest absolute Gasteiger partial charge is 0.348 e. The molecule has 5 nitrogen and oxygen atoms in total. The van der Waals surface area contributed by atoms with Gasteiger partial charge in [0.2, 0.25) is 5.91 Å². The Morgan fingerprint density at radius 1 is 0.939 bits per heavy atom. The van der Waals surface area contributed by atoms with Crippen LogP contribution in [0.4, 0.5) is 5.69 Å². The molecule has 1 aliphatic carbocycles. The molecule has 0 saturated heterocycles. The maximum absolute atomic E-state index is 13.4. The van der Waals surface area contributed by atoms with E-state index in [2.05, 4.69) is 23.5 Å². The van der Waals surface area contributed by atoms with E-state index < -0.39 is 10.0 Å². The first kappa shape index (κ1) is 23.1. The molecule has 1 aliphatic rings. The zero-order valence-corrected chi connectivity index (χ0v) is 19.9. The van der Waals surface area contributed by atoms with Gasteiger partial charge >= 0.3 is 0 Å². The molecule has 33 heavy (non-hydrogen) atoms. The van der Waals surface area contributed by atoms with Crippen molar-refractivity contribution in [1.29, 1.82) is 0 Å². The van der Waals surface area contributed by atoms with Gasteiger partial charge < -0.3 is 5.32 Å². The van der Waals surface area contributed by atoms with Crippen LogP contribution in [0.5, 0.6) is 0 Å². The summed E-state index contributed by atoms with van der Waals surface area (Å²) in [7, 11) is -3.91. The molecule has 0 radical (unpaired) electrons. The number of rotatable bonds is 7. The second-order valence-corrected chi connectivity index (χ2v) is 10.5. The molecule has 6 heteroatoms. The van der Waals surface area contributed by atoms with Crippen molar-refractivity contribution in [3.63, 3.8) is 0 Å². The summed E-state index contributed by atoms with van der Waals surface area (Å²) in [4.78, 5) is 13.2. The number of sulfonamides is 1.